The molecule has 0 aromatic heterocycles. The maximum Gasteiger partial charge on any atom is 0.409 e. The van der Waals surface area contributed by atoms with Gasteiger partial charge in [-0.15, -0.1) is 0 Å². The number of guanidine groups is 1. The Bertz CT molecular complexity index is 726. The van der Waals surface area contributed by atoms with Crippen LogP contribution in [0.2, 0.25) is 0 Å². The fourth-order valence-electron chi connectivity index (χ4n) is 3.70. The second kappa shape index (κ2) is 10.1. The summed E-state index contributed by atoms with van der Waals surface area (Å²) in [4.78, 5) is 34.0. The first-order valence-corrected chi connectivity index (χ1v) is 10.4. The SMILES string of the molecule is CCOC(=O)N1CCN(C(=NC)NCc2ccc(N3CCCCC3=O)cc2)CC1. The number of anilines is 1. The van der Waals surface area contributed by atoms with E-state index >= 15 is 0 Å². The van der Waals surface area contributed by atoms with Gasteiger partial charge in [-0.25, -0.2) is 4.79 Å². The first-order valence-electron chi connectivity index (χ1n) is 10.4. The third kappa shape index (κ3) is 5.40. The zero-order valence-electron chi connectivity index (χ0n) is 17.4. The van der Waals surface area contributed by atoms with Crippen LogP contribution in [0, 0.1) is 0 Å². The number of nitrogens with zero attached hydrogens (tertiary/aromatic N) is 4. The Labute approximate surface area is 172 Å². The van der Waals surface area contributed by atoms with Crippen LogP contribution in [0.15, 0.2) is 29.3 Å². The van der Waals surface area contributed by atoms with Crippen LogP contribution in [0.1, 0.15) is 31.7 Å². The zero-order valence-corrected chi connectivity index (χ0v) is 17.4. The van der Waals surface area contributed by atoms with Gasteiger partial charge in [0.15, 0.2) is 5.96 Å². The molecule has 0 aliphatic carbocycles. The van der Waals surface area contributed by atoms with Gasteiger partial charge in [0, 0.05) is 58.4 Å². The molecular weight excluding hydrogens is 370 g/mol. The molecule has 2 aliphatic rings. The van der Waals surface area contributed by atoms with E-state index in [9.17, 15) is 9.59 Å². The fraction of sp³-hybridized carbons (Fsp3) is 0.571. The van der Waals surface area contributed by atoms with E-state index in [1.807, 2.05) is 24.0 Å². The van der Waals surface area contributed by atoms with E-state index in [0.717, 1.165) is 36.6 Å². The average molecular weight is 402 g/mol. The van der Waals surface area contributed by atoms with Crippen molar-refractivity contribution in [3.05, 3.63) is 29.8 Å². The van der Waals surface area contributed by atoms with E-state index < -0.39 is 0 Å². The number of hydrogen-bond donors (Lipinski definition) is 1. The highest BCUT2D eigenvalue weighted by Gasteiger charge is 2.23. The van der Waals surface area contributed by atoms with Gasteiger partial charge < -0.3 is 24.8 Å². The van der Waals surface area contributed by atoms with E-state index in [2.05, 4.69) is 27.3 Å². The maximum absolute atomic E-state index is 12.1. The number of ether oxygens (including phenoxy) is 1. The van der Waals surface area contributed by atoms with Gasteiger partial charge in [-0.05, 0) is 37.5 Å². The summed E-state index contributed by atoms with van der Waals surface area (Å²) in [6, 6.07) is 8.13. The van der Waals surface area contributed by atoms with Crippen LogP contribution < -0.4 is 10.2 Å². The van der Waals surface area contributed by atoms with Crippen molar-refractivity contribution < 1.29 is 14.3 Å². The number of carbonyl (C=O) groups is 2. The van der Waals surface area contributed by atoms with Crippen molar-refractivity contribution in [1.29, 1.82) is 0 Å². The molecule has 1 aromatic rings. The molecule has 8 nitrogen and oxygen atoms in total. The second-order valence-corrected chi connectivity index (χ2v) is 7.24. The van der Waals surface area contributed by atoms with Gasteiger partial charge in [-0.2, -0.15) is 0 Å². The van der Waals surface area contributed by atoms with Crippen molar-refractivity contribution in [2.24, 2.45) is 4.99 Å². The lowest BCUT2D eigenvalue weighted by atomic mass is 10.1. The summed E-state index contributed by atoms with van der Waals surface area (Å²) in [5.74, 6) is 1.04. The van der Waals surface area contributed by atoms with Crippen molar-refractivity contribution in [2.75, 3.05) is 51.3 Å². The Morgan fingerprint density at radius 2 is 1.76 bits per heavy atom. The molecule has 2 fully saturated rings. The molecule has 0 atom stereocenters. The smallest absolute Gasteiger partial charge is 0.409 e. The number of benzene rings is 1. The molecule has 0 spiro atoms. The van der Waals surface area contributed by atoms with Crippen LogP contribution >= 0.6 is 0 Å². The average Bonchev–Trinajstić information content (AvgIpc) is 2.76. The molecular formula is C21H31N5O3. The molecule has 1 N–H and O–H groups in total. The minimum absolute atomic E-state index is 0.212. The highest BCUT2D eigenvalue weighted by Crippen LogP contribution is 2.21. The van der Waals surface area contributed by atoms with E-state index in [4.69, 9.17) is 4.74 Å². The first kappa shape index (κ1) is 21.0. The number of hydrogen-bond acceptors (Lipinski definition) is 4. The third-order valence-corrected chi connectivity index (χ3v) is 5.34. The topological polar surface area (TPSA) is 77.5 Å². The number of nitrogens with one attached hydrogen (secondary N) is 1. The zero-order chi connectivity index (χ0) is 20.6. The van der Waals surface area contributed by atoms with Crippen LogP contribution in [0.4, 0.5) is 10.5 Å². The van der Waals surface area contributed by atoms with Crippen molar-refractivity contribution in [2.45, 2.75) is 32.7 Å². The highest BCUT2D eigenvalue weighted by molar-refractivity contribution is 5.94. The molecule has 2 aliphatic heterocycles. The van der Waals surface area contributed by atoms with Gasteiger partial charge in [-0.1, -0.05) is 12.1 Å². The summed E-state index contributed by atoms with van der Waals surface area (Å²) in [6.45, 7) is 6.35. The normalized spacial score (nSPS) is 18.1. The van der Waals surface area contributed by atoms with Crippen LogP contribution in [-0.4, -0.2) is 74.1 Å². The molecule has 1 aromatic carbocycles. The molecule has 2 heterocycles. The van der Waals surface area contributed by atoms with Crippen LogP contribution in [0.25, 0.3) is 0 Å². The summed E-state index contributed by atoms with van der Waals surface area (Å²) in [7, 11) is 1.77. The standard InChI is InChI=1S/C21H31N5O3/c1-3-29-21(28)25-14-12-24(13-15-25)20(22-2)23-16-17-7-9-18(10-8-17)26-11-5-4-6-19(26)27/h7-10H,3-6,11-16H2,1-2H3,(H,22,23). The van der Waals surface area contributed by atoms with Gasteiger partial charge in [0.2, 0.25) is 5.91 Å². The van der Waals surface area contributed by atoms with Gasteiger partial charge in [0.05, 0.1) is 6.61 Å². The van der Waals surface area contributed by atoms with Crippen molar-refractivity contribution in [3.63, 3.8) is 0 Å². The molecule has 3 rings (SSSR count). The Kier molecular flexibility index (Phi) is 7.32. The van der Waals surface area contributed by atoms with E-state index in [1.54, 1.807) is 11.9 Å². The van der Waals surface area contributed by atoms with Crippen molar-refractivity contribution in [1.82, 2.24) is 15.1 Å². The molecule has 158 valence electrons. The number of rotatable bonds is 4. The van der Waals surface area contributed by atoms with Crippen LogP contribution in [0.5, 0.6) is 0 Å². The monoisotopic (exact) mass is 401 g/mol. The lowest BCUT2D eigenvalue weighted by molar-refractivity contribution is -0.119. The van der Waals surface area contributed by atoms with Crippen molar-refractivity contribution in [3.8, 4) is 0 Å². The first-order chi connectivity index (χ1) is 14.1. The Balaban J connectivity index is 1.50. The number of amides is 2. The van der Waals surface area contributed by atoms with Gasteiger partial charge in [-0.3, -0.25) is 9.79 Å². The van der Waals surface area contributed by atoms with E-state index in [-0.39, 0.29) is 12.0 Å². The molecule has 8 heteroatoms. The minimum Gasteiger partial charge on any atom is -0.450 e. The molecule has 0 unspecified atom stereocenters. The third-order valence-electron chi connectivity index (χ3n) is 5.34. The summed E-state index contributed by atoms with van der Waals surface area (Å²) in [6.07, 6.45) is 2.45. The molecule has 2 saturated heterocycles. The number of piperazine rings is 1. The second-order valence-electron chi connectivity index (χ2n) is 7.24. The molecule has 0 bridgehead atoms. The lowest BCUT2D eigenvalue weighted by Gasteiger charge is -2.35. The largest absolute Gasteiger partial charge is 0.450 e. The summed E-state index contributed by atoms with van der Waals surface area (Å²) in [5, 5.41) is 3.39. The minimum atomic E-state index is -0.248. The predicted molar refractivity (Wildman–Crippen MR) is 113 cm³/mol. The summed E-state index contributed by atoms with van der Waals surface area (Å²) in [5.41, 5.74) is 2.10. The molecule has 29 heavy (non-hydrogen) atoms. The quantitative estimate of drug-likeness (QED) is 0.617. The number of piperidine rings is 1. The highest BCUT2D eigenvalue weighted by atomic mass is 16.6. The maximum atomic E-state index is 12.1. The van der Waals surface area contributed by atoms with Gasteiger partial charge in [0.1, 0.15) is 0 Å². The Morgan fingerprint density at radius 1 is 1.07 bits per heavy atom. The number of aliphatic imine (C=N–C) groups is 1. The van der Waals surface area contributed by atoms with Crippen LogP contribution in [0.3, 0.4) is 0 Å². The summed E-state index contributed by atoms with van der Waals surface area (Å²) >= 11 is 0. The Hall–Kier alpha value is -2.77. The van der Waals surface area contributed by atoms with Gasteiger partial charge in [0.25, 0.3) is 0 Å². The summed E-state index contributed by atoms with van der Waals surface area (Å²) < 4.78 is 5.07. The predicted octanol–water partition coefficient (Wildman–Crippen LogP) is 2.05. The van der Waals surface area contributed by atoms with E-state index in [1.165, 1.54) is 0 Å². The van der Waals surface area contributed by atoms with Crippen LogP contribution in [-0.2, 0) is 16.1 Å². The lowest BCUT2D eigenvalue weighted by Crippen LogP contribution is -2.53. The molecule has 0 saturated carbocycles. The Morgan fingerprint density at radius 3 is 2.38 bits per heavy atom. The fourth-order valence-corrected chi connectivity index (χ4v) is 3.70. The molecule has 2 amide bonds. The number of carbonyl (C=O) groups excluding carboxylic acids is 2. The van der Waals surface area contributed by atoms with Crippen molar-refractivity contribution >= 4 is 23.6 Å². The molecule has 0 radical (unpaired) electrons. The van der Waals surface area contributed by atoms with Gasteiger partial charge >= 0.3 is 6.09 Å². The van der Waals surface area contributed by atoms with E-state index in [0.29, 0.717) is 45.8 Å².